The van der Waals surface area contributed by atoms with Gasteiger partial charge >= 0.3 is 0 Å². The summed E-state index contributed by atoms with van der Waals surface area (Å²) in [6, 6.07) is 0. The van der Waals surface area contributed by atoms with Gasteiger partial charge in [-0.05, 0) is 12.2 Å². The Morgan fingerprint density at radius 1 is 1.70 bits per heavy atom. The smallest absolute Gasteiger partial charge is 0.109 e. The molecule has 0 aliphatic heterocycles. The number of hydrogen-bond donors (Lipinski definition) is 1. The van der Waals surface area contributed by atoms with Gasteiger partial charge in [0.2, 0.25) is 0 Å². The highest BCUT2D eigenvalue weighted by molar-refractivity contribution is 6.38. The Hall–Kier alpha value is -0.470. The molecule has 0 fully saturated rings. The maximum Gasteiger partial charge on any atom is 0.109 e. The van der Waals surface area contributed by atoms with Crippen LogP contribution < -0.4 is 0 Å². The van der Waals surface area contributed by atoms with Crippen molar-refractivity contribution in [1.82, 2.24) is 0 Å². The second kappa shape index (κ2) is 3.08. The summed E-state index contributed by atoms with van der Waals surface area (Å²) in [5.74, 6) is 0. The molecule has 1 rings (SSSR count). The largest absolute Gasteiger partial charge is 0.411 e. The third kappa shape index (κ3) is 1.52. The van der Waals surface area contributed by atoms with Crippen LogP contribution in [0.5, 0.6) is 0 Å². The lowest BCUT2D eigenvalue weighted by molar-refractivity contribution is 0.318. The number of allylic oxidation sites excluding steroid dienone is 4. The minimum Gasteiger partial charge on any atom is -0.411 e. The van der Waals surface area contributed by atoms with Crippen LogP contribution in [0.25, 0.3) is 0 Å². The zero-order chi connectivity index (χ0) is 7.56. The molecule has 0 saturated heterocycles. The number of halogens is 2. The Labute approximate surface area is 68.4 Å². The summed E-state index contributed by atoms with van der Waals surface area (Å²) in [6.45, 7) is 0. The molecule has 0 heterocycles. The lowest BCUT2D eigenvalue weighted by Crippen LogP contribution is -2.12. The average Bonchev–Trinajstić information content (AvgIpc) is 1.88. The Balaban J connectivity index is 2.84. The number of alkyl halides is 1. The van der Waals surface area contributed by atoms with Crippen molar-refractivity contribution < 1.29 is 5.21 Å². The summed E-state index contributed by atoms with van der Waals surface area (Å²) >= 11 is 11.2. The van der Waals surface area contributed by atoms with E-state index in [2.05, 4.69) is 11.2 Å². The molecule has 1 radical (unpaired) electrons. The van der Waals surface area contributed by atoms with Crippen molar-refractivity contribution in [3.63, 3.8) is 0 Å². The zero-order valence-corrected chi connectivity index (χ0v) is 6.39. The van der Waals surface area contributed by atoms with E-state index >= 15 is 0 Å². The van der Waals surface area contributed by atoms with Gasteiger partial charge in [-0.2, -0.15) is 0 Å². The lowest BCUT2D eigenvalue weighted by Gasteiger charge is -2.05. The number of hydrogen-bond acceptors (Lipinski definition) is 2. The Morgan fingerprint density at radius 2 is 2.40 bits per heavy atom. The van der Waals surface area contributed by atoms with Gasteiger partial charge in [-0.25, -0.2) is 0 Å². The van der Waals surface area contributed by atoms with Crippen LogP contribution in [-0.2, 0) is 0 Å². The van der Waals surface area contributed by atoms with Gasteiger partial charge in [-0.3, -0.25) is 0 Å². The number of oxime groups is 1. The zero-order valence-electron chi connectivity index (χ0n) is 4.88. The molecule has 1 aliphatic carbocycles. The second-order valence-electron chi connectivity index (χ2n) is 1.73. The van der Waals surface area contributed by atoms with Crippen LogP contribution in [0.4, 0.5) is 0 Å². The molecule has 1 unspecified atom stereocenters. The SMILES string of the molecule is ON=C1[C]=CC(Cl)=CC1Cl. The van der Waals surface area contributed by atoms with Gasteiger partial charge in [0, 0.05) is 11.1 Å². The topological polar surface area (TPSA) is 32.6 Å². The van der Waals surface area contributed by atoms with E-state index in [-0.39, 0.29) is 5.71 Å². The summed E-state index contributed by atoms with van der Waals surface area (Å²) < 4.78 is 0. The van der Waals surface area contributed by atoms with Gasteiger partial charge in [0.15, 0.2) is 0 Å². The van der Waals surface area contributed by atoms with Crippen LogP contribution in [0.15, 0.2) is 22.3 Å². The van der Waals surface area contributed by atoms with E-state index < -0.39 is 5.38 Å². The third-order valence-electron chi connectivity index (χ3n) is 1.03. The predicted molar refractivity (Wildman–Crippen MR) is 40.6 cm³/mol. The van der Waals surface area contributed by atoms with E-state index in [1.165, 1.54) is 6.08 Å². The van der Waals surface area contributed by atoms with Gasteiger partial charge in [0.25, 0.3) is 0 Å². The third-order valence-corrected chi connectivity index (χ3v) is 1.60. The molecular formula is C6H4Cl2NO. The van der Waals surface area contributed by atoms with Crippen LogP contribution in [0.3, 0.4) is 0 Å². The van der Waals surface area contributed by atoms with Crippen molar-refractivity contribution in [3.05, 3.63) is 23.3 Å². The van der Waals surface area contributed by atoms with Crippen molar-refractivity contribution in [1.29, 1.82) is 0 Å². The van der Waals surface area contributed by atoms with Gasteiger partial charge in [0.1, 0.15) is 5.71 Å². The fourth-order valence-corrected chi connectivity index (χ4v) is 1.06. The van der Waals surface area contributed by atoms with Gasteiger partial charge < -0.3 is 5.21 Å². The van der Waals surface area contributed by atoms with Crippen LogP contribution in [0.2, 0.25) is 0 Å². The molecule has 4 heteroatoms. The molecule has 0 spiro atoms. The van der Waals surface area contributed by atoms with Crippen molar-refractivity contribution >= 4 is 28.9 Å². The first-order valence-corrected chi connectivity index (χ1v) is 3.38. The van der Waals surface area contributed by atoms with Gasteiger partial charge in [-0.15, -0.1) is 11.6 Å². The van der Waals surface area contributed by atoms with Crippen molar-refractivity contribution in [2.45, 2.75) is 5.38 Å². The molecule has 0 aromatic heterocycles. The summed E-state index contributed by atoms with van der Waals surface area (Å²) in [5, 5.41) is 11.2. The average molecular weight is 177 g/mol. The monoisotopic (exact) mass is 176 g/mol. The first-order valence-electron chi connectivity index (χ1n) is 2.57. The first kappa shape index (κ1) is 7.63. The highest BCUT2D eigenvalue weighted by Gasteiger charge is 2.12. The Bertz CT molecular complexity index is 220. The summed E-state index contributed by atoms with van der Waals surface area (Å²) in [6.07, 6.45) is 5.67. The number of nitrogens with zero attached hydrogens (tertiary/aromatic N) is 1. The van der Waals surface area contributed by atoms with Crippen LogP contribution in [0.1, 0.15) is 0 Å². The Morgan fingerprint density at radius 3 is 2.90 bits per heavy atom. The van der Waals surface area contributed by atoms with Crippen LogP contribution in [-0.4, -0.2) is 16.3 Å². The molecular weight excluding hydrogens is 173 g/mol. The number of rotatable bonds is 0. The normalized spacial score (nSPS) is 28.8. The fraction of sp³-hybridized carbons (Fsp3) is 0.167. The van der Waals surface area contributed by atoms with E-state index in [0.29, 0.717) is 5.03 Å². The van der Waals surface area contributed by atoms with Crippen molar-refractivity contribution in [3.8, 4) is 0 Å². The molecule has 1 N–H and O–H groups in total. The maximum absolute atomic E-state index is 8.30. The molecule has 1 aliphatic rings. The minimum atomic E-state index is -0.470. The minimum absolute atomic E-state index is 0.283. The molecule has 10 heavy (non-hydrogen) atoms. The van der Waals surface area contributed by atoms with Crippen molar-refractivity contribution in [2.24, 2.45) is 5.16 Å². The molecule has 53 valence electrons. The molecule has 2 nitrogen and oxygen atoms in total. The quantitative estimate of drug-likeness (QED) is 0.342. The van der Waals surface area contributed by atoms with E-state index in [1.54, 1.807) is 6.08 Å². The lowest BCUT2D eigenvalue weighted by atomic mass is 10.1. The van der Waals surface area contributed by atoms with Crippen LogP contribution in [0, 0.1) is 6.08 Å². The summed E-state index contributed by atoms with van der Waals surface area (Å²) in [5.41, 5.74) is 0.283. The molecule has 0 aromatic rings. The molecule has 0 aromatic carbocycles. The maximum atomic E-state index is 8.30. The van der Waals surface area contributed by atoms with Crippen LogP contribution >= 0.6 is 23.2 Å². The van der Waals surface area contributed by atoms with Gasteiger partial charge in [0.05, 0.1) is 5.38 Å². The van der Waals surface area contributed by atoms with E-state index in [1.807, 2.05) is 0 Å². The Kier molecular flexibility index (Phi) is 2.35. The van der Waals surface area contributed by atoms with Crippen molar-refractivity contribution in [2.75, 3.05) is 0 Å². The highest BCUT2D eigenvalue weighted by atomic mass is 35.5. The standard InChI is InChI=1S/C6H4Cl2NO/c7-4-1-2-6(9-10)5(8)3-4/h1,3,5,10H. The second-order valence-corrected chi connectivity index (χ2v) is 2.63. The van der Waals surface area contributed by atoms with E-state index in [9.17, 15) is 0 Å². The molecule has 0 bridgehead atoms. The highest BCUT2D eigenvalue weighted by Crippen LogP contribution is 2.15. The molecule has 0 saturated carbocycles. The molecule has 0 amide bonds. The van der Waals surface area contributed by atoms with E-state index in [4.69, 9.17) is 28.4 Å². The first-order chi connectivity index (χ1) is 4.74. The summed E-state index contributed by atoms with van der Waals surface area (Å²) in [7, 11) is 0. The fourth-order valence-electron chi connectivity index (χ4n) is 0.573. The van der Waals surface area contributed by atoms with E-state index in [0.717, 1.165) is 0 Å². The molecule has 1 atom stereocenters. The van der Waals surface area contributed by atoms with Gasteiger partial charge in [-0.1, -0.05) is 16.8 Å². The predicted octanol–water partition coefficient (Wildman–Crippen LogP) is 1.92. The summed E-state index contributed by atoms with van der Waals surface area (Å²) in [4.78, 5) is 0.